The molecule has 0 spiro atoms. The minimum absolute atomic E-state index is 1.15. The highest BCUT2D eigenvalue weighted by Crippen LogP contribution is 2.48. The molecule has 2 aromatic carbocycles. The lowest BCUT2D eigenvalue weighted by Crippen LogP contribution is -2.19. The maximum atomic E-state index is 2.37. The van der Waals surface area contributed by atoms with E-state index in [1.807, 2.05) is 0 Å². The molecule has 0 saturated carbocycles. The predicted octanol–water partition coefficient (Wildman–Crippen LogP) is 2.91. The van der Waals surface area contributed by atoms with Gasteiger partial charge in [-0.2, -0.15) is 0 Å². The van der Waals surface area contributed by atoms with Crippen molar-refractivity contribution < 1.29 is 0 Å². The van der Waals surface area contributed by atoms with E-state index in [9.17, 15) is 0 Å². The number of hydrogen-bond donors (Lipinski definition) is 0. The second-order valence-electron chi connectivity index (χ2n) is 4.12. The Labute approximate surface area is 92.3 Å². The molecule has 0 atom stereocenters. The normalized spacial score (nSPS) is 11.3. The summed E-state index contributed by atoms with van der Waals surface area (Å²) < 4.78 is 0. The topological polar surface area (TPSA) is 0 Å². The van der Waals surface area contributed by atoms with Crippen molar-refractivity contribution in [3.63, 3.8) is 0 Å². The van der Waals surface area contributed by atoms with Crippen LogP contribution in [-0.4, -0.2) is 13.3 Å². The van der Waals surface area contributed by atoms with Gasteiger partial charge in [0.15, 0.2) is 0 Å². The van der Waals surface area contributed by atoms with E-state index in [0.717, 1.165) is 0 Å². The zero-order valence-electron chi connectivity index (χ0n) is 9.22. The van der Waals surface area contributed by atoms with Gasteiger partial charge < -0.3 is 0 Å². The van der Waals surface area contributed by atoms with Gasteiger partial charge in [0.05, 0.1) is 0 Å². The van der Waals surface area contributed by atoms with Crippen molar-refractivity contribution in [2.75, 3.05) is 13.3 Å². The van der Waals surface area contributed by atoms with Crippen molar-refractivity contribution in [2.45, 2.75) is 0 Å². The molecule has 0 bridgehead atoms. The van der Waals surface area contributed by atoms with Crippen LogP contribution >= 0.6 is 7.26 Å². The van der Waals surface area contributed by atoms with E-state index in [0.29, 0.717) is 0 Å². The van der Waals surface area contributed by atoms with Crippen LogP contribution in [0.3, 0.4) is 0 Å². The average Bonchev–Trinajstić information content (AvgIpc) is 2.31. The van der Waals surface area contributed by atoms with E-state index in [4.69, 9.17) is 0 Å². The molecular formula is C14H16P. The maximum absolute atomic E-state index is 2.37. The van der Waals surface area contributed by atoms with E-state index in [1.165, 1.54) is 10.6 Å². The van der Waals surface area contributed by atoms with Gasteiger partial charge in [0, 0.05) is 0 Å². The molecule has 0 aromatic heterocycles. The Morgan fingerprint density at radius 1 is 0.600 bits per heavy atom. The third-order valence-corrected chi connectivity index (χ3v) is 5.98. The van der Waals surface area contributed by atoms with Crippen molar-refractivity contribution in [3.05, 3.63) is 60.7 Å². The molecule has 0 fully saturated rings. The minimum Gasteiger partial charge on any atom is -0.0759 e. The second kappa shape index (κ2) is 4.16. The molecule has 0 aliphatic heterocycles. The maximum Gasteiger partial charge on any atom is -0.0244 e. The molecule has 0 aliphatic rings. The standard InChI is InChI=1S/C14H16P/c1-15(2,13-9-5-3-6-10-13)14-11-7-4-8-12-14/h3-12H,1-2H3. The Bertz CT molecular complexity index is 376. The van der Waals surface area contributed by atoms with Crippen LogP contribution in [0.4, 0.5) is 0 Å². The van der Waals surface area contributed by atoms with E-state index >= 15 is 0 Å². The Balaban J connectivity index is 2.44. The molecular weight excluding hydrogens is 199 g/mol. The first kappa shape index (κ1) is 10.4. The smallest absolute Gasteiger partial charge is 0.0244 e. The van der Waals surface area contributed by atoms with Gasteiger partial charge in [-0.05, 0) is 23.9 Å². The van der Waals surface area contributed by atoms with Crippen molar-refractivity contribution >= 4 is 17.9 Å². The molecule has 1 radical (unpaired) electrons. The molecule has 1 heteroatoms. The van der Waals surface area contributed by atoms with Crippen LogP contribution in [0, 0.1) is 0 Å². The van der Waals surface area contributed by atoms with Gasteiger partial charge in [0.1, 0.15) is 0 Å². The van der Waals surface area contributed by atoms with Gasteiger partial charge in [0.25, 0.3) is 0 Å². The average molecular weight is 215 g/mol. The van der Waals surface area contributed by atoms with Crippen molar-refractivity contribution in [1.29, 1.82) is 0 Å². The molecule has 2 aromatic rings. The Kier molecular flexibility index (Phi) is 2.88. The third kappa shape index (κ3) is 2.11. The van der Waals surface area contributed by atoms with Gasteiger partial charge in [0.2, 0.25) is 0 Å². The quantitative estimate of drug-likeness (QED) is 0.676. The summed E-state index contributed by atoms with van der Waals surface area (Å²) in [4.78, 5) is 0. The summed E-state index contributed by atoms with van der Waals surface area (Å²) in [5.74, 6) is 0. The zero-order chi connectivity index (χ0) is 10.7. The lowest BCUT2D eigenvalue weighted by atomic mass is 10.4. The van der Waals surface area contributed by atoms with Crippen LogP contribution in [0.1, 0.15) is 0 Å². The number of rotatable bonds is 2. The van der Waals surface area contributed by atoms with Gasteiger partial charge in [-0.15, -0.1) is 0 Å². The highest BCUT2D eigenvalue weighted by molar-refractivity contribution is 7.88. The fourth-order valence-electron chi connectivity index (χ4n) is 1.75. The monoisotopic (exact) mass is 215 g/mol. The first-order valence-corrected chi connectivity index (χ1v) is 7.85. The van der Waals surface area contributed by atoms with Crippen molar-refractivity contribution in [3.8, 4) is 0 Å². The fourth-order valence-corrected chi connectivity index (χ4v) is 3.88. The van der Waals surface area contributed by atoms with Gasteiger partial charge in [-0.3, -0.25) is 0 Å². The van der Waals surface area contributed by atoms with E-state index in [2.05, 4.69) is 74.0 Å². The summed E-state index contributed by atoms with van der Waals surface area (Å²) in [6.45, 7) is 4.75. The van der Waals surface area contributed by atoms with Gasteiger partial charge in [-0.25, -0.2) is 0 Å². The summed E-state index contributed by atoms with van der Waals surface area (Å²) in [6.07, 6.45) is 0. The molecule has 15 heavy (non-hydrogen) atoms. The molecule has 0 N–H and O–H groups in total. The number of hydrogen-bond acceptors (Lipinski definition) is 0. The Hall–Kier alpha value is -1.13. The molecule has 0 aliphatic carbocycles. The summed E-state index contributed by atoms with van der Waals surface area (Å²) in [7, 11) is -1.15. The lowest BCUT2D eigenvalue weighted by Gasteiger charge is -2.28. The van der Waals surface area contributed by atoms with Crippen LogP contribution in [0.25, 0.3) is 0 Å². The molecule has 77 valence electrons. The summed E-state index contributed by atoms with van der Waals surface area (Å²) >= 11 is 0. The molecule has 0 heterocycles. The summed E-state index contributed by atoms with van der Waals surface area (Å²) in [5.41, 5.74) is 0. The second-order valence-corrected chi connectivity index (χ2v) is 8.06. The van der Waals surface area contributed by atoms with Crippen molar-refractivity contribution in [2.24, 2.45) is 0 Å². The molecule has 2 rings (SSSR count). The van der Waals surface area contributed by atoms with E-state index in [-0.39, 0.29) is 0 Å². The first-order chi connectivity index (χ1) is 7.21. The first-order valence-electron chi connectivity index (χ1n) is 5.16. The Morgan fingerprint density at radius 2 is 0.933 bits per heavy atom. The molecule has 0 nitrogen and oxygen atoms in total. The van der Waals surface area contributed by atoms with Gasteiger partial charge in [-0.1, -0.05) is 67.9 Å². The lowest BCUT2D eigenvalue weighted by molar-refractivity contribution is 1.73. The van der Waals surface area contributed by atoms with E-state index < -0.39 is 7.26 Å². The van der Waals surface area contributed by atoms with Crippen LogP contribution in [-0.2, 0) is 0 Å². The van der Waals surface area contributed by atoms with Crippen LogP contribution in [0.5, 0.6) is 0 Å². The zero-order valence-corrected chi connectivity index (χ0v) is 10.1. The summed E-state index contributed by atoms with van der Waals surface area (Å²) in [6, 6.07) is 21.6. The molecule has 0 saturated heterocycles. The van der Waals surface area contributed by atoms with Crippen LogP contribution in [0.15, 0.2) is 60.7 Å². The van der Waals surface area contributed by atoms with Crippen molar-refractivity contribution in [1.82, 2.24) is 0 Å². The fraction of sp³-hybridized carbons (Fsp3) is 0.143. The van der Waals surface area contributed by atoms with Gasteiger partial charge >= 0.3 is 0 Å². The predicted molar refractivity (Wildman–Crippen MR) is 70.9 cm³/mol. The summed E-state index contributed by atoms with van der Waals surface area (Å²) in [5, 5.41) is 2.94. The van der Waals surface area contributed by atoms with Crippen LogP contribution in [0.2, 0.25) is 0 Å². The third-order valence-electron chi connectivity index (χ3n) is 2.80. The number of benzene rings is 2. The highest BCUT2D eigenvalue weighted by atomic mass is 31.2. The van der Waals surface area contributed by atoms with E-state index in [1.54, 1.807) is 0 Å². The highest BCUT2D eigenvalue weighted by Gasteiger charge is 2.19. The van der Waals surface area contributed by atoms with Crippen LogP contribution < -0.4 is 10.6 Å². The Morgan fingerprint density at radius 3 is 1.27 bits per heavy atom. The molecule has 0 unspecified atom stereocenters. The SMILES string of the molecule is C[P](C)(c1ccccc1)c1ccccc1. The minimum atomic E-state index is -1.15. The molecule has 0 amide bonds. The largest absolute Gasteiger partial charge is 0.0759 e.